The molecule has 3 N–H and O–H groups in total. The Morgan fingerprint density at radius 2 is 2.29 bits per heavy atom. The Balaban J connectivity index is 2.67. The second-order valence-electron chi connectivity index (χ2n) is 3.23. The zero-order chi connectivity index (χ0) is 10.6. The Morgan fingerprint density at radius 1 is 1.57 bits per heavy atom. The predicted molar refractivity (Wildman–Crippen MR) is 61.6 cm³/mol. The van der Waals surface area contributed by atoms with Gasteiger partial charge in [0.15, 0.2) is 5.82 Å². The Kier molecular flexibility index (Phi) is 3.77. The topological polar surface area (TPSA) is 50.9 Å². The van der Waals surface area contributed by atoms with Gasteiger partial charge in [-0.05, 0) is 26.0 Å². The summed E-state index contributed by atoms with van der Waals surface area (Å²) in [6.45, 7) is 4.78. The van der Waals surface area contributed by atoms with Crippen LogP contribution in [0, 0.1) is 0 Å². The fourth-order valence-electron chi connectivity index (χ4n) is 0.940. The van der Waals surface area contributed by atoms with Gasteiger partial charge in [0.1, 0.15) is 5.15 Å². The molecule has 0 aliphatic carbocycles. The highest BCUT2D eigenvalue weighted by Crippen LogP contribution is 2.17. The highest BCUT2D eigenvalue weighted by molar-refractivity contribution is 6.29. The number of aromatic nitrogens is 1. The van der Waals surface area contributed by atoms with Crippen molar-refractivity contribution in [3.8, 4) is 0 Å². The van der Waals surface area contributed by atoms with E-state index in [1.54, 1.807) is 12.1 Å². The number of hydrogen-bond donors (Lipinski definition) is 2. The van der Waals surface area contributed by atoms with Gasteiger partial charge in [0.25, 0.3) is 0 Å². The molecule has 3 nitrogen and oxygen atoms in total. The van der Waals surface area contributed by atoms with Crippen molar-refractivity contribution in [1.29, 1.82) is 0 Å². The summed E-state index contributed by atoms with van der Waals surface area (Å²) in [7, 11) is 0. The first-order valence-electron chi connectivity index (χ1n) is 4.39. The van der Waals surface area contributed by atoms with Crippen LogP contribution in [-0.4, -0.2) is 11.5 Å². The van der Waals surface area contributed by atoms with Crippen LogP contribution in [0.25, 0.3) is 0 Å². The summed E-state index contributed by atoms with van der Waals surface area (Å²) >= 11 is 5.74. The van der Waals surface area contributed by atoms with Gasteiger partial charge in [-0.1, -0.05) is 23.3 Å². The third kappa shape index (κ3) is 3.26. The van der Waals surface area contributed by atoms with Crippen molar-refractivity contribution in [2.75, 3.05) is 17.6 Å². The fraction of sp³-hybridized carbons (Fsp3) is 0.300. The molecule has 0 radical (unpaired) electrons. The molecule has 1 aromatic heterocycles. The van der Waals surface area contributed by atoms with Crippen LogP contribution in [0.1, 0.15) is 13.8 Å². The van der Waals surface area contributed by atoms with Gasteiger partial charge in [0.2, 0.25) is 0 Å². The third-order valence-electron chi connectivity index (χ3n) is 1.67. The zero-order valence-electron chi connectivity index (χ0n) is 8.34. The van der Waals surface area contributed by atoms with Crippen molar-refractivity contribution in [2.45, 2.75) is 13.8 Å². The second kappa shape index (κ2) is 4.86. The van der Waals surface area contributed by atoms with E-state index in [1.165, 1.54) is 5.57 Å². The van der Waals surface area contributed by atoms with Gasteiger partial charge in [-0.3, -0.25) is 0 Å². The maximum atomic E-state index is 5.74. The van der Waals surface area contributed by atoms with Crippen LogP contribution in [0.2, 0.25) is 5.15 Å². The number of pyridine rings is 1. The van der Waals surface area contributed by atoms with E-state index in [4.69, 9.17) is 17.3 Å². The minimum absolute atomic E-state index is 0.443. The first kappa shape index (κ1) is 10.9. The van der Waals surface area contributed by atoms with Gasteiger partial charge >= 0.3 is 0 Å². The van der Waals surface area contributed by atoms with E-state index >= 15 is 0 Å². The molecule has 4 heteroatoms. The van der Waals surface area contributed by atoms with Gasteiger partial charge in [0.05, 0.1) is 5.69 Å². The van der Waals surface area contributed by atoms with Gasteiger partial charge in [0, 0.05) is 6.54 Å². The number of nitrogens with zero attached hydrogens (tertiary/aromatic N) is 1. The van der Waals surface area contributed by atoms with Gasteiger partial charge in [-0.2, -0.15) is 0 Å². The smallest absolute Gasteiger partial charge is 0.151 e. The number of anilines is 2. The molecule has 0 atom stereocenters. The van der Waals surface area contributed by atoms with Crippen LogP contribution < -0.4 is 11.1 Å². The number of allylic oxidation sites excluding steroid dienone is 1. The molecule has 1 heterocycles. The van der Waals surface area contributed by atoms with E-state index in [0.29, 0.717) is 23.2 Å². The van der Waals surface area contributed by atoms with E-state index in [-0.39, 0.29) is 0 Å². The molecule has 0 aliphatic rings. The van der Waals surface area contributed by atoms with Crippen molar-refractivity contribution in [1.82, 2.24) is 4.98 Å². The Labute approximate surface area is 89.0 Å². The quantitative estimate of drug-likeness (QED) is 0.597. The van der Waals surface area contributed by atoms with E-state index in [2.05, 4.69) is 16.4 Å². The summed E-state index contributed by atoms with van der Waals surface area (Å²) in [5.74, 6) is 0.634. The largest absolute Gasteiger partial charge is 0.396 e. The van der Waals surface area contributed by atoms with Crippen molar-refractivity contribution in [3.05, 3.63) is 28.9 Å². The van der Waals surface area contributed by atoms with Gasteiger partial charge in [-0.25, -0.2) is 4.98 Å². The number of halogens is 1. The Bertz CT molecular complexity index is 343. The summed E-state index contributed by atoms with van der Waals surface area (Å²) in [5.41, 5.74) is 7.56. The average Bonchev–Trinajstić information content (AvgIpc) is 2.10. The lowest BCUT2D eigenvalue weighted by Gasteiger charge is -2.06. The second-order valence-corrected chi connectivity index (χ2v) is 3.62. The van der Waals surface area contributed by atoms with Crippen LogP contribution in [-0.2, 0) is 0 Å². The summed E-state index contributed by atoms with van der Waals surface area (Å²) in [6.07, 6.45) is 2.06. The summed E-state index contributed by atoms with van der Waals surface area (Å²) in [6, 6.07) is 3.41. The van der Waals surface area contributed by atoms with Crippen molar-refractivity contribution >= 4 is 23.1 Å². The minimum Gasteiger partial charge on any atom is -0.396 e. The monoisotopic (exact) mass is 211 g/mol. The molecule has 1 rings (SSSR count). The van der Waals surface area contributed by atoms with E-state index < -0.39 is 0 Å². The van der Waals surface area contributed by atoms with Crippen LogP contribution in [0.15, 0.2) is 23.8 Å². The molecule has 0 fully saturated rings. The molecule has 0 saturated heterocycles. The first-order chi connectivity index (χ1) is 6.59. The van der Waals surface area contributed by atoms with Crippen LogP contribution in [0.4, 0.5) is 11.5 Å². The minimum atomic E-state index is 0.443. The summed E-state index contributed by atoms with van der Waals surface area (Å²) < 4.78 is 0. The lowest BCUT2D eigenvalue weighted by Crippen LogP contribution is -2.04. The number of nitrogen functional groups attached to an aromatic ring is 1. The molecule has 76 valence electrons. The molecule has 0 spiro atoms. The maximum absolute atomic E-state index is 5.74. The van der Waals surface area contributed by atoms with Crippen molar-refractivity contribution in [3.63, 3.8) is 0 Å². The molecule has 1 aromatic rings. The van der Waals surface area contributed by atoms with E-state index in [0.717, 1.165) is 0 Å². The molecule has 0 aliphatic heterocycles. The molecule has 0 amide bonds. The van der Waals surface area contributed by atoms with Crippen molar-refractivity contribution < 1.29 is 0 Å². The molecule has 0 unspecified atom stereocenters. The van der Waals surface area contributed by atoms with Crippen LogP contribution in [0.3, 0.4) is 0 Å². The SMILES string of the molecule is CC(C)=CCNc1nc(Cl)ccc1N. The number of hydrogen-bond acceptors (Lipinski definition) is 3. The lowest BCUT2D eigenvalue weighted by atomic mass is 10.3. The molecular formula is C10H14ClN3. The average molecular weight is 212 g/mol. The highest BCUT2D eigenvalue weighted by Gasteiger charge is 1.99. The summed E-state index contributed by atoms with van der Waals surface area (Å²) in [5, 5.41) is 3.53. The predicted octanol–water partition coefficient (Wildman–Crippen LogP) is 2.70. The van der Waals surface area contributed by atoms with Gasteiger partial charge < -0.3 is 11.1 Å². The number of rotatable bonds is 3. The molecular weight excluding hydrogens is 198 g/mol. The summed E-state index contributed by atoms with van der Waals surface area (Å²) in [4.78, 5) is 4.07. The zero-order valence-corrected chi connectivity index (χ0v) is 9.10. The van der Waals surface area contributed by atoms with Crippen LogP contribution >= 0.6 is 11.6 Å². The third-order valence-corrected chi connectivity index (χ3v) is 1.88. The normalized spacial score (nSPS) is 9.64. The number of nitrogens with one attached hydrogen (secondary N) is 1. The molecule has 0 aromatic carbocycles. The Hall–Kier alpha value is -1.22. The Morgan fingerprint density at radius 3 is 2.93 bits per heavy atom. The maximum Gasteiger partial charge on any atom is 0.151 e. The van der Waals surface area contributed by atoms with Crippen molar-refractivity contribution in [2.24, 2.45) is 0 Å². The molecule has 14 heavy (non-hydrogen) atoms. The molecule has 0 bridgehead atoms. The first-order valence-corrected chi connectivity index (χ1v) is 4.76. The lowest BCUT2D eigenvalue weighted by molar-refractivity contribution is 1.21. The number of nitrogens with two attached hydrogens (primary N) is 1. The van der Waals surface area contributed by atoms with Gasteiger partial charge in [-0.15, -0.1) is 0 Å². The molecule has 0 saturated carbocycles. The van der Waals surface area contributed by atoms with E-state index in [9.17, 15) is 0 Å². The van der Waals surface area contributed by atoms with Crippen LogP contribution in [0.5, 0.6) is 0 Å². The standard InChI is InChI=1S/C10H14ClN3/c1-7(2)5-6-13-10-8(12)3-4-9(11)14-10/h3-5H,6,12H2,1-2H3,(H,13,14). The highest BCUT2D eigenvalue weighted by atomic mass is 35.5. The van der Waals surface area contributed by atoms with E-state index in [1.807, 2.05) is 13.8 Å². The fourth-order valence-corrected chi connectivity index (χ4v) is 1.09.